The Hall–Kier alpha value is -3.11. The minimum atomic E-state index is -0.303. The maximum atomic E-state index is 13.4. The van der Waals surface area contributed by atoms with E-state index in [1.807, 2.05) is 60.7 Å². The topological polar surface area (TPSA) is 46.6 Å². The summed E-state index contributed by atoms with van der Waals surface area (Å²) in [5, 5.41) is 0.681. The van der Waals surface area contributed by atoms with Gasteiger partial charge in [0.05, 0.1) is 12.2 Å². The third kappa shape index (κ3) is 4.86. The fourth-order valence-electron chi connectivity index (χ4n) is 4.22. The number of benzene rings is 3. The van der Waals surface area contributed by atoms with E-state index in [2.05, 4.69) is 4.90 Å². The molecular formula is C27H26ClNO3. The highest BCUT2D eigenvalue weighted by atomic mass is 35.5. The molecule has 4 nitrogen and oxygen atoms in total. The van der Waals surface area contributed by atoms with Crippen molar-refractivity contribution >= 4 is 29.0 Å². The van der Waals surface area contributed by atoms with E-state index in [4.69, 9.17) is 16.3 Å². The molecule has 1 heterocycles. The van der Waals surface area contributed by atoms with E-state index in [0.717, 1.165) is 48.3 Å². The molecular weight excluding hydrogens is 422 g/mol. The summed E-state index contributed by atoms with van der Waals surface area (Å²) in [6.07, 6.45) is 1.60. The predicted octanol–water partition coefficient (Wildman–Crippen LogP) is 6.28. The van der Waals surface area contributed by atoms with Crippen LogP contribution in [0.2, 0.25) is 5.02 Å². The fourth-order valence-corrected chi connectivity index (χ4v) is 4.35. The second-order valence-corrected chi connectivity index (χ2v) is 8.38. The molecule has 1 fully saturated rings. The standard InChI is InChI=1S/C27H26ClNO3/c1-2-32-27(31)21-9-13-23(14-10-21)29-17-15-20(16-18-29)26(30)25-6-4-3-5-24(25)19-7-11-22(28)12-8-19/h3-14,20H,2,15-18H2,1H3. The van der Waals surface area contributed by atoms with Crippen LogP contribution < -0.4 is 4.90 Å². The highest BCUT2D eigenvalue weighted by Crippen LogP contribution is 2.31. The van der Waals surface area contributed by atoms with Gasteiger partial charge >= 0.3 is 5.97 Å². The zero-order chi connectivity index (χ0) is 22.5. The third-order valence-electron chi connectivity index (χ3n) is 5.96. The van der Waals surface area contributed by atoms with Crippen LogP contribution in [0.1, 0.15) is 40.5 Å². The molecule has 1 saturated heterocycles. The first-order valence-electron chi connectivity index (χ1n) is 11.0. The quantitative estimate of drug-likeness (QED) is 0.329. The van der Waals surface area contributed by atoms with Crippen LogP contribution in [-0.2, 0) is 4.74 Å². The number of hydrogen-bond donors (Lipinski definition) is 0. The summed E-state index contributed by atoms with van der Waals surface area (Å²) in [5.74, 6) is -0.103. The number of carbonyl (C=O) groups is 2. The summed E-state index contributed by atoms with van der Waals surface area (Å²) in [5.41, 5.74) is 4.33. The highest BCUT2D eigenvalue weighted by molar-refractivity contribution is 6.30. The van der Waals surface area contributed by atoms with E-state index in [-0.39, 0.29) is 17.7 Å². The van der Waals surface area contributed by atoms with Crippen molar-refractivity contribution in [2.45, 2.75) is 19.8 Å². The molecule has 0 saturated carbocycles. The van der Waals surface area contributed by atoms with Gasteiger partial charge in [-0.1, -0.05) is 48.0 Å². The van der Waals surface area contributed by atoms with Gasteiger partial charge in [-0.05, 0) is 67.3 Å². The van der Waals surface area contributed by atoms with Crippen LogP contribution >= 0.6 is 11.6 Å². The Morgan fingerprint density at radius 2 is 1.59 bits per heavy atom. The molecule has 1 aliphatic rings. The Morgan fingerprint density at radius 1 is 0.938 bits per heavy atom. The van der Waals surface area contributed by atoms with Gasteiger partial charge in [-0.25, -0.2) is 4.79 Å². The number of ketones is 1. The minimum Gasteiger partial charge on any atom is -0.462 e. The molecule has 0 spiro atoms. The Kier molecular flexibility index (Phi) is 6.91. The van der Waals surface area contributed by atoms with Crippen molar-refractivity contribution in [1.29, 1.82) is 0 Å². The zero-order valence-electron chi connectivity index (χ0n) is 18.1. The second-order valence-electron chi connectivity index (χ2n) is 7.95. The first-order chi connectivity index (χ1) is 15.6. The molecule has 3 aromatic carbocycles. The summed E-state index contributed by atoms with van der Waals surface area (Å²) in [4.78, 5) is 27.5. The fraction of sp³-hybridized carbons (Fsp3) is 0.259. The van der Waals surface area contributed by atoms with Gasteiger partial charge in [0.1, 0.15) is 0 Å². The number of hydrogen-bond acceptors (Lipinski definition) is 4. The van der Waals surface area contributed by atoms with Crippen molar-refractivity contribution in [3.63, 3.8) is 0 Å². The van der Waals surface area contributed by atoms with Crippen LogP contribution in [0.15, 0.2) is 72.8 Å². The van der Waals surface area contributed by atoms with Crippen molar-refractivity contribution in [3.8, 4) is 11.1 Å². The van der Waals surface area contributed by atoms with E-state index >= 15 is 0 Å². The lowest BCUT2D eigenvalue weighted by Crippen LogP contribution is -2.36. The van der Waals surface area contributed by atoms with Gasteiger partial charge in [0, 0.05) is 35.3 Å². The van der Waals surface area contributed by atoms with Gasteiger partial charge in [0.2, 0.25) is 0 Å². The largest absolute Gasteiger partial charge is 0.462 e. The maximum absolute atomic E-state index is 13.4. The van der Waals surface area contributed by atoms with Crippen LogP contribution in [0.25, 0.3) is 11.1 Å². The number of anilines is 1. The smallest absolute Gasteiger partial charge is 0.338 e. The van der Waals surface area contributed by atoms with Gasteiger partial charge in [-0.2, -0.15) is 0 Å². The van der Waals surface area contributed by atoms with E-state index in [9.17, 15) is 9.59 Å². The van der Waals surface area contributed by atoms with Gasteiger partial charge in [0.15, 0.2) is 5.78 Å². The van der Waals surface area contributed by atoms with Gasteiger partial charge in [0.25, 0.3) is 0 Å². The first-order valence-corrected chi connectivity index (χ1v) is 11.4. The number of ether oxygens (including phenoxy) is 1. The van der Waals surface area contributed by atoms with Crippen molar-refractivity contribution in [1.82, 2.24) is 0 Å². The average molecular weight is 448 g/mol. The molecule has 1 aliphatic heterocycles. The van der Waals surface area contributed by atoms with Crippen LogP contribution in [-0.4, -0.2) is 31.4 Å². The lowest BCUT2D eigenvalue weighted by atomic mass is 9.85. The minimum absolute atomic E-state index is 0.00138. The van der Waals surface area contributed by atoms with Crippen molar-refractivity contribution in [3.05, 3.63) is 88.9 Å². The molecule has 3 aromatic rings. The van der Waals surface area contributed by atoms with Gasteiger partial charge in [-0.15, -0.1) is 0 Å². The molecule has 0 aromatic heterocycles. The Balaban J connectivity index is 1.43. The first kappa shape index (κ1) is 22.1. The predicted molar refractivity (Wildman–Crippen MR) is 129 cm³/mol. The molecule has 0 aliphatic carbocycles. The second kappa shape index (κ2) is 10.0. The van der Waals surface area contributed by atoms with Gasteiger partial charge < -0.3 is 9.64 Å². The van der Waals surface area contributed by atoms with Gasteiger partial charge in [-0.3, -0.25) is 4.79 Å². The SMILES string of the molecule is CCOC(=O)c1ccc(N2CCC(C(=O)c3ccccc3-c3ccc(Cl)cc3)CC2)cc1. The van der Waals surface area contributed by atoms with Crippen molar-refractivity contribution in [2.24, 2.45) is 5.92 Å². The summed E-state index contributed by atoms with van der Waals surface area (Å²) in [6, 6.07) is 22.9. The van der Waals surface area contributed by atoms with E-state index in [1.54, 1.807) is 19.1 Å². The summed E-state index contributed by atoms with van der Waals surface area (Å²) in [6.45, 7) is 3.77. The molecule has 0 amide bonds. The lowest BCUT2D eigenvalue weighted by Gasteiger charge is -2.33. The maximum Gasteiger partial charge on any atom is 0.338 e. The Labute approximate surface area is 193 Å². The molecule has 4 rings (SSSR count). The van der Waals surface area contributed by atoms with E-state index in [0.29, 0.717) is 17.2 Å². The number of rotatable bonds is 6. The molecule has 0 bridgehead atoms. The van der Waals surface area contributed by atoms with Crippen molar-refractivity contribution in [2.75, 3.05) is 24.6 Å². The number of nitrogens with zero attached hydrogens (tertiary/aromatic N) is 1. The van der Waals surface area contributed by atoms with Crippen LogP contribution in [0.3, 0.4) is 0 Å². The Bertz CT molecular complexity index is 1080. The summed E-state index contributed by atoms with van der Waals surface area (Å²) >= 11 is 6.03. The molecule has 0 radical (unpaired) electrons. The lowest BCUT2D eigenvalue weighted by molar-refractivity contribution is 0.0526. The molecule has 0 atom stereocenters. The Morgan fingerprint density at radius 3 is 2.25 bits per heavy atom. The molecule has 0 N–H and O–H groups in total. The number of carbonyl (C=O) groups excluding carboxylic acids is 2. The molecule has 164 valence electrons. The number of Topliss-reactive ketones (excluding diaryl/α,β-unsaturated/α-hetero) is 1. The number of halogens is 1. The molecule has 32 heavy (non-hydrogen) atoms. The molecule has 5 heteroatoms. The summed E-state index contributed by atoms with van der Waals surface area (Å²) < 4.78 is 5.05. The van der Waals surface area contributed by atoms with Crippen molar-refractivity contribution < 1.29 is 14.3 Å². The van der Waals surface area contributed by atoms with E-state index < -0.39 is 0 Å². The number of piperidine rings is 1. The van der Waals surface area contributed by atoms with Crippen LogP contribution in [0.5, 0.6) is 0 Å². The highest BCUT2D eigenvalue weighted by Gasteiger charge is 2.27. The third-order valence-corrected chi connectivity index (χ3v) is 6.21. The summed E-state index contributed by atoms with van der Waals surface area (Å²) in [7, 11) is 0. The van der Waals surface area contributed by atoms with Crippen LogP contribution in [0.4, 0.5) is 5.69 Å². The van der Waals surface area contributed by atoms with Crippen LogP contribution in [0, 0.1) is 5.92 Å². The van der Waals surface area contributed by atoms with E-state index in [1.165, 1.54) is 0 Å². The number of esters is 1. The monoisotopic (exact) mass is 447 g/mol. The normalized spacial score (nSPS) is 14.2. The zero-order valence-corrected chi connectivity index (χ0v) is 18.8. The average Bonchev–Trinajstić information content (AvgIpc) is 2.84. The molecule has 0 unspecified atom stereocenters.